The summed E-state index contributed by atoms with van der Waals surface area (Å²) >= 11 is 0. The van der Waals surface area contributed by atoms with Crippen molar-refractivity contribution in [2.75, 3.05) is 25.1 Å². The van der Waals surface area contributed by atoms with Gasteiger partial charge in [0.2, 0.25) is 5.91 Å². The molecule has 1 aliphatic rings. The van der Waals surface area contributed by atoms with Crippen LogP contribution in [0.15, 0.2) is 24.5 Å². The second kappa shape index (κ2) is 5.57. The number of carboxylic acid groups (broad SMARTS) is 1. The highest BCUT2D eigenvalue weighted by molar-refractivity contribution is 5.79. The van der Waals surface area contributed by atoms with Gasteiger partial charge in [0.25, 0.3) is 0 Å². The lowest BCUT2D eigenvalue weighted by molar-refractivity contribution is -0.145. The molecule has 1 saturated heterocycles. The number of hydrogen-bond acceptors (Lipinski definition) is 3. The summed E-state index contributed by atoms with van der Waals surface area (Å²) in [4.78, 5) is 24.4. The summed E-state index contributed by atoms with van der Waals surface area (Å²) in [7, 11) is 0. The van der Waals surface area contributed by atoms with E-state index in [0.717, 1.165) is 0 Å². The third-order valence-corrected chi connectivity index (χ3v) is 3.21. The molecule has 0 spiro atoms. The van der Waals surface area contributed by atoms with E-state index in [4.69, 9.17) is 5.11 Å². The van der Waals surface area contributed by atoms with Gasteiger partial charge in [0.15, 0.2) is 0 Å². The first-order chi connectivity index (χ1) is 8.66. The van der Waals surface area contributed by atoms with Gasteiger partial charge in [0, 0.05) is 25.5 Å². The van der Waals surface area contributed by atoms with Crippen LogP contribution in [0.1, 0.15) is 12.8 Å². The quantitative estimate of drug-likeness (QED) is 0.810. The highest BCUT2D eigenvalue weighted by Crippen LogP contribution is 2.17. The number of likely N-dealkylation sites (tertiary alicyclic amines) is 1. The van der Waals surface area contributed by atoms with Gasteiger partial charge in [-0.15, -0.1) is 0 Å². The number of carbonyl (C=O) groups is 2. The van der Waals surface area contributed by atoms with Crippen LogP contribution >= 0.6 is 0 Å². The Morgan fingerprint density at radius 3 is 2.39 bits per heavy atom. The van der Waals surface area contributed by atoms with Crippen molar-refractivity contribution in [1.29, 1.82) is 0 Å². The number of rotatable bonds is 4. The van der Waals surface area contributed by atoms with E-state index in [-0.39, 0.29) is 18.4 Å². The van der Waals surface area contributed by atoms with Gasteiger partial charge in [-0.1, -0.05) is 0 Å². The number of amides is 1. The number of piperidine rings is 1. The second-order valence-electron chi connectivity index (χ2n) is 4.42. The van der Waals surface area contributed by atoms with Crippen LogP contribution in [0.4, 0.5) is 0 Å². The zero-order valence-corrected chi connectivity index (χ0v) is 10.1. The molecule has 2 rings (SSSR count). The molecule has 1 aliphatic heterocycles. The van der Waals surface area contributed by atoms with E-state index >= 15 is 0 Å². The van der Waals surface area contributed by atoms with Crippen LogP contribution in [-0.2, 0) is 9.59 Å². The molecule has 0 bridgehead atoms. The second-order valence-corrected chi connectivity index (χ2v) is 4.42. The van der Waals surface area contributed by atoms with E-state index in [1.807, 2.05) is 24.5 Å². The Morgan fingerprint density at radius 2 is 1.83 bits per heavy atom. The van der Waals surface area contributed by atoms with Crippen LogP contribution in [0.5, 0.6) is 0 Å². The molecule has 0 aliphatic carbocycles. The minimum Gasteiger partial charge on any atom is -0.481 e. The fourth-order valence-corrected chi connectivity index (χ4v) is 2.09. The molecule has 1 fully saturated rings. The number of nitrogens with zero attached hydrogens (tertiary/aromatic N) is 2. The average Bonchev–Trinajstić information content (AvgIpc) is 2.89. The SMILES string of the molecule is O=C(O)C1CCN(C(=O)CNn2cccc2)CC1. The molecule has 0 aromatic carbocycles. The summed E-state index contributed by atoms with van der Waals surface area (Å²) < 4.78 is 1.72. The van der Waals surface area contributed by atoms with E-state index in [1.165, 1.54) is 0 Å². The zero-order valence-electron chi connectivity index (χ0n) is 10.1. The summed E-state index contributed by atoms with van der Waals surface area (Å²) in [5.74, 6) is -1.05. The molecular weight excluding hydrogens is 234 g/mol. The first-order valence-corrected chi connectivity index (χ1v) is 6.04. The lowest BCUT2D eigenvalue weighted by atomic mass is 9.97. The molecule has 0 atom stereocenters. The van der Waals surface area contributed by atoms with Crippen LogP contribution < -0.4 is 5.43 Å². The normalized spacial score (nSPS) is 16.6. The van der Waals surface area contributed by atoms with Gasteiger partial charge in [-0.2, -0.15) is 0 Å². The van der Waals surface area contributed by atoms with Crippen molar-refractivity contribution in [3.05, 3.63) is 24.5 Å². The van der Waals surface area contributed by atoms with Crippen molar-refractivity contribution in [1.82, 2.24) is 9.58 Å². The van der Waals surface area contributed by atoms with E-state index in [2.05, 4.69) is 5.43 Å². The Balaban J connectivity index is 1.75. The topological polar surface area (TPSA) is 74.6 Å². The molecule has 1 aromatic heterocycles. The van der Waals surface area contributed by atoms with Crippen molar-refractivity contribution < 1.29 is 14.7 Å². The number of aromatic nitrogens is 1. The average molecular weight is 251 g/mol. The van der Waals surface area contributed by atoms with E-state index in [9.17, 15) is 9.59 Å². The maximum absolute atomic E-state index is 11.9. The van der Waals surface area contributed by atoms with Crippen molar-refractivity contribution in [2.45, 2.75) is 12.8 Å². The van der Waals surface area contributed by atoms with Crippen LogP contribution in [0, 0.1) is 5.92 Å². The van der Waals surface area contributed by atoms with Gasteiger partial charge in [-0.05, 0) is 25.0 Å². The standard InChI is InChI=1S/C12H17N3O3/c16-11(9-13-15-5-1-2-6-15)14-7-3-10(4-8-14)12(17)18/h1-2,5-6,10,13H,3-4,7-9H2,(H,17,18). The first-order valence-electron chi connectivity index (χ1n) is 6.04. The van der Waals surface area contributed by atoms with E-state index in [1.54, 1.807) is 9.58 Å². The van der Waals surface area contributed by atoms with Crippen LogP contribution in [-0.4, -0.2) is 46.2 Å². The molecule has 0 radical (unpaired) electrons. The maximum atomic E-state index is 11.9. The molecule has 98 valence electrons. The predicted molar refractivity (Wildman–Crippen MR) is 65.6 cm³/mol. The maximum Gasteiger partial charge on any atom is 0.306 e. The molecule has 1 amide bonds. The Bertz CT molecular complexity index is 408. The molecule has 0 unspecified atom stereocenters. The smallest absolute Gasteiger partial charge is 0.306 e. The Morgan fingerprint density at radius 1 is 1.22 bits per heavy atom. The summed E-state index contributed by atoms with van der Waals surface area (Å²) in [5.41, 5.74) is 2.96. The number of nitrogens with one attached hydrogen (secondary N) is 1. The molecular formula is C12H17N3O3. The van der Waals surface area contributed by atoms with Crippen molar-refractivity contribution >= 4 is 11.9 Å². The van der Waals surface area contributed by atoms with Crippen LogP contribution in [0.25, 0.3) is 0 Å². The molecule has 2 heterocycles. The molecule has 2 N–H and O–H groups in total. The lowest BCUT2D eigenvalue weighted by Gasteiger charge is -2.30. The fourth-order valence-electron chi connectivity index (χ4n) is 2.09. The third-order valence-electron chi connectivity index (χ3n) is 3.21. The molecule has 18 heavy (non-hydrogen) atoms. The minimum atomic E-state index is -0.757. The Hall–Kier alpha value is -1.98. The number of carbonyl (C=O) groups excluding carboxylic acids is 1. The van der Waals surface area contributed by atoms with Crippen molar-refractivity contribution in [3.8, 4) is 0 Å². The number of hydrogen-bond donors (Lipinski definition) is 2. The molecule has 1 aromatic rings. The van der Waals surface area contributed by atoms with Crippen molar-refractivity contribution in [3.63, 3.8) is 0 Å². The molecule has 6 heteroatoms. The summed E-state index contributed by atoms with van der Waals surface area (Å²) in [6.07, 6.45) is 4.74. The fraction of sp³-hybridized carbons (Fsp3) is 0.500. The van der Waals surface area contributed by atoms with Crippen LogP contribution in [0.3, 0.4) is 0 Å². The number of carboxylic acids is 1. The van der Waals surface area contributed by atoms with Gasteiger partial charge >= 0.3 is 5.97 Å². The van der Waals surface area contributed by atoms with Gasteiger partial charge < -0.3 is 15.4 Å². The molecule has 0 saturated carbocycles. The highest BCUT2D eigenvalue weighted by atomic mass is 16.4. The summed E-state index contributed by atoms with van der Waals surface area (Å²) in [6.45, 7) is 1.29. The van der Waals surface area contributed by atoms with Gasteiger partial charge in [0.1, 0.15) is 6.54 Å². The predicted octanol–water partition coefficient (Wildman–Crippen LogP) is 0.355. The van der Waals surface area contributed by atoms with E-state index in [0.29, 0.717) is 25.9 Å². The van der Waals surface area contributed by atoms with Crippen LogP contribution in [0.2, 0.25) is 0 Å². The molecule has 6 nitrogen and oxygen atoms in total. The third kappa shape index (κ3) is 3.03. The van der Waals surface area contributed by atoms with Crippen molar-refractivity contribution in [2.24, 2.45) is 5.92 Å². The summed E-state index contributed by atoms with van der Waals surface area (Å²) in [6, 6.07) is 3.74. The monoisotopic (exact) mass is 251 g/mol. The lowest BCUT2D eigenvalue weighted by Crippen LogP contribution is -2.43. The van der Waals surface area contributed by atoms with Gasteiger partial charge in [-0.25, -0.2) is 0 Å². The van der Waals surface area contributed by atoms with E-state index < -0.39 is 5.97 Å². The largest absolute Gasteiger partial charge is 0.481 e. The van der Waals surface area contributed by atoms with Gasteiger partial charge in [-0.3, -0.25) is 14.3 Å². The Kier molecular flexibility index (Phi) is 3.86. The Labute approximate surface area is 105 Å². The minimum absolute atomic E-state index is 0.00698. The first kappa shape index (κ1) is 12.5. The zero-order chi connectivity index (χ0) is 13.0. The number of aliphatic carboxylic acids is 1. The summed E-state index contributed by atoms with van der Waals surface area (Å²) in [5, 5.41) is 8.87. The van der Waals surface area contributed by atoms with Gasteiger partial charge in [0.05, 0.1) is 5.92 Å². The highest BCUT2D eigenvalue weighted by Gasteiger charge is 2.26.